The predicted octanol–water partition coefficient (Wildman–Crippen LogP) is 7.27. The summed E-state index contributed by atoms with van der Waals surface area (Å²) in [5.41, 5.74) is 4.98. The van der Waals surface area contributed by atoms with Gasteiger partial charge in [-0.15, -0.1) is 0 Å². The molecule has 6 aromatic rings. The van der Waals surface area contributed by atoms with Crippen molar-refractivity contribution in [3.8, 4) is 34.2 Å². The van der Waals surface area contributed by atoms with Gasteiger partial charge in [0.2, 0.25) is 0 Å². The van der Waals surface area contributed by atoms with E-state index < -0.39 is 0 Å². The van der Waals surface area contributed by atoms with Gasteiger partial charge in [0.25, 0.3) is 0 Å². The third kappa shape index (κ3) is 3.27. The molecule has 2 aromatic heterocycles. The van der Waals surface area contributed by atoms with Crippen LogP contribution in [-0.2, 0) is 0 Å². The van der Waals surface area contributed by atoms with Crippen LogP contribution in [0.15, 0.2) is 102 Å². The Kier molecular flexibility index (Phi) is 4.55. The lowest BCUT2D eigenvalue weighted by Crippen LogP contribution is -2.00. The molecule has 0 spiro atoms. The van der Waals surface area contributed by atoms with Crippen LogP contribution >= 0.6 is 15.9 Å². The first-order chi connectivity index (χ1) is 15.8. The maximum absolute atomic E-state index is 4.89. The standard InChI is InChI=1S/C27H17BrN4/c28-19-15-13-18(14-16-19)26-30-25(17-7-2-1-3-8-17)31-27(32-26)22-11-6-10-21-20-9-4-5-12-23(20)29-24(21)22/h1-16,29H. The molecule has 32 heavy (non-hydrogen) atoms. The van der Waals surface area contributed by atoms with E-state index in [-0.39, 0.29) is 0 Å². The molecule has 2 heterocycles. The van der Waals surface area contributed by atoms with Crippen molar-refractivity contribution in [2.24, 2.45) is 0 Å². The zero-order valence-corrected chi connectivity index (χ0v) is 18.5. The maximum atomic E-state index is 4.89. The van der Waals surface area contributed by atoms with E-state index in [1.807, 2.05) is 60.7 Å². The summed E-state index contributed by atoms with van der Waals surface area (Å²) in [6.45, 7) is 0. The van der Waals surface area contributed by atoms with Gasteiger partial charge in [-0.3, -0.25) is 0 Å². The number of nitrogens with zero attached hydrogens (tertiary/aromatic N) is 3. The molecule has 0 bridgehead atoms. The molecule has 0 amide bonds. The van der Waals surface area contributed by atoms with E-state index in [4.69, 9.17) is 15.0 Å². The van der Waals surface area contributed by atoms with Crippen LogP contribution in [0.4, 0.5) is 0 Å². The molecule has 0 unspecified atom stereocenters. The van der Waals surface area contributed by atoms with Gasteiger partial charge >= 0.3 is 0 Å². The summed E-state index contributed by atoms with van der Waals surface area (Å²) in [5.74, 6) is 1.95. The molecular weight excluding hydrogens is 460 g/mol. The van der Waals surface area contributed by atoms with Gasteiger partial charge in [-0.05, 0) is 24.3 Å². The van der Waals surface area contributed by atoms with E-state index in [9.17, 15) is 0 Å². The second-order valence-electron chi connectivity index (χ2n) is 7.58. The minimum atomic E-state index is 0.647. The molecule has 0 saturated carbocycles. The summed E-state index contributed by atoms with van der Waals surface area (Å²) < 4.78 is 1.02. The van der Waals surface area contributed by atoms with Gasteiger partial charge in [-0.25, -0.2) is 15.0 Å². The maximum Gasteiger partial charge on any atom is 0.166 e. The van der Waals surface area contributed by atoms with Crippen LogP contribution in [0.1, 0.15) is 0 Å². The van der Waals surface area contributed by atoms with Gasteiger partial charge < -0.3 is 4.98 Å². The monoisotopic (exact) mass is 476 g/mol. The highest BCUT2D eigenvalue weighted by molar-refractivity contribution is 9.10. The summed E-state index contributed by atoms with van der Waals surface area (Å²) in [7, 11) is 0. The molecule has 0 aliphatic heterocycles. The summed E-state index contributed by atoms with van der Waals surface area (Å²) in [4.78, 5) is 18.1. The first-order valence-electron chi connectivity index (χ1n) is 10.3. The lowest BCUT2D eigenvalue weighted by atomic mass is 10.1. The minimum absolute atomic E-state index is 0.647. The fraction of sp³-hybridized carbons (Fsp3) is 0. The van der Waals surface area contributed by atoms with Crippen molar-refractivity contribution in [1.82, 2.24) is 19.9 Å². The normalized spacial score (nSPS) is 11.3. The van der Waals surface area contributed by atoms with Gasteiger partial charge in [0, 0.05) is 37.5 Å². The smallest absolute Gasteiger partial charge is 0.166 e. The van der Waals surface area contributed by atoms with Crippen molar-refractivity contribution in [3.05, 3.63) is 102 Å². The number of hydrogen-bond acceptors (Lipinski definition) is 3. The first kappa shape index (κ1) is 18.9. The molecule has 0 aliphatic rings. The fourth-order valence-electron chi connectivity index (χ4n) is 4.00. The zero-order chi connectivity index (χ0) is 21.5. The van der Waals surface area contributed by atoms with Crippen LogP contribution in [0, 0.1) is 0 Å². The van der Waals surface area contributed by atoms with Crippen molar-refractivity contribution in [1.29, 1.82) is 0 Å². The molecule has 0 radical (unpaired) electrons. The number of para-hydroxylation sites is 2. The Bertz CT molecular complexity index is 1570. The highest BCUT2D eigenvalue weighted by Crippen LogP contribution is 2.33. The topological polar surface area (TPSA) is 54.5 Å². The first-order valence-corrected chi connectivity index (χ1v) is 11.1. The second kappa shape index (κ2) is 7.70. The van der Waals surface area contributed by atoms with E-state index in [1.54, 1.807) is 0 Å². The largest absolute Gasteiger partial charge is 0.354 e. The van der Waals surface area contributed by atoms with Crippen LogP contribution in [-0.4, -0.2) is 19.9 Å². The fourth-order valence-corrected chi connectivity index (χ4v) is 4.26. The summed E-state index contributed by atoms with van der Waals surface area (Å²) in [5, 5.41) is 2.35. The molecule has 4 nitrogen and oxygen atoms in total. The van der Waals surface area contributed by atoms with E-state index in [0.717, 1.165) is 37.6 Å². The highest BCUT2D eigenvalue weighted by atomic mass is 79.9. The zero-order valence-electron chi connectivity index (χ0n) is 17.0. The number of benzene rings is 4. The number of hydrogen-bond donors (Lipinski definition) is 1. The lowest BCUT2D eigenvalue weighted by Gasteiger charge is -2.09. The Labute approximate surface area is 193 Å². The van der Waals surface area contributed by atoms with Gasteiger partial charge in [0.05, 0.1) is 5.52 Å². The molecule has 4 aromatic carbocycles. The Balaban J connectivity index is 1.62. The highest BCUT2D eigenvalue weighted by Gasteiger charge is 2.15. The summed E-state index contributed by atoms with van der Waals surface area (Å²) >= 11 is 3.51. The van der Waals surface area contributed by atoms with Gasteiger partial charge in [-0.2, -0.15) is 0 Å². The van der Waals surface area contributed by atoms with Gasteiger partial charge in [0.15, 0.2) is 17.5 Å². The third-order valence-electron chi connectivity index (χ3n) is 5.55. The van der Waals surface area contributed by atoms with Crippen LogP contribution in [0.25, 0.3) is 56.0 Å². The van der Waals surface area contributed by atoms with Crippen LogP contribution in [0.2, 0.25) is 0 Å². The number of fused-ring (bicyclic) bond motifs is 3. The SMILES string of the molecule is Brc1ccc(-c2nc(-c3ccccc3)nc(-c3cccc4c3[nH]c3ccccc34)n2)cc1. The number of rotatable bonds is 3. The van der Waals surface area contributed by atoms with Crippen molar-refractivity contribution < 1.29 is 0 Å². The average molecular weight is 477 g/mol. The third-order valence-corrected chi connectivity index (χ3v) is 6.08. The van der Waals surface area contributed by atoms with Crippen molar-refractivity contribution >= 4 is 37.7 Å². The van der Waals surface area contributed by atoms with Crippen LogP contribution < -0.4 is 0 Å². The van der Waals surface area contributed by atoms with Crippen LogP contribution in [0.5, 0.6) is 0 Å². The number of halogens is 1. The number of aromatic nitrogens is 4. The average Bonchev–Trinajstić information content (AvgIpc) is 3.24. The molecule has 0 aliphatic carbocycles. The Hall–Kier alpha value is -3.83. The van der Waals surface area contributed by atoms with Crippen molar-refractivity contribution in [3.63, 3.8) is 0 Å². The molecular formula is C27H17BrN4. The molecule has 6 rings (SSSR count). The van der Waals surface area contributed by atoms with E-state index >= 15 is 0 Å². The molecule has 0 fully saturated rings. The minimum Gasteiger partial charge on any atom is -0.354 e. The number of nitrogens with one attached hydrogen (secondary N) is 1. The van der Waals surface area contributed by atoms with E-state index in [2.05, 4.69) is 57.3 Å². The van der Waals surface area contributed by atoms with Crippen LogP contribution in [0.3, 0.4) is 0 Å². The molecule has 0 atom stereocenters. The molecule has 1 N–H and O–H groups in total. The van der Waals surface area contributed by atoms with Gasteiger partial charge in [0.1, 0.15) is 0 Å². The van der Waals surface area contributed by atoms with Crippen molar-refractivity contribution in [2.45, 2.75) is 0 Å². The quantitative estimate of drug-likeness (QED) is 0.292. The van der Waals surface area contributed by atoms with E-state index in [0.29, 0.717) is 17.5 Å². The summed E-state index contributed by atoms with van der Waals surface area (Å²) in [6.07, 6.45) is 0. The Morgan fingerprint density at radius 2 is 1.16 bits per heavy atom. The summed E-state index contributed by atoms with van der Waals surface area (Å²) in [6, 6.07) is 32.6. The van der Waals surface area contributed by atoms with E-state index in [1.165, 1.54) is 5.39 Å². The van der Waals surface area contributed by atoms with Crippen molar-refractivity contribution in [2.75, 3.05) is 0 Å². The Morgan fingerprint density at radius 1 is 0.531 bits per heavy atom. The molecule has 152 valence electrons. The predicted molar refractivity (Wildman–Crippen MR) is 133 cm³/mol. The Morgan fingerprint density at radius 3 is 1.94 bits per heavy atom. The second-order valence-corrected chi connectivity index (χ2v) is 8.49. The van der Waals surface area contributed by atoms with Gasteiger partial charge in [-0.1, -0.05) is 88.7 Å². The molecule has 0 saturated heterocycles. The number of aromatic amines is 1. The lowest BCUT2D eigenvalue weighted by molar-refractivity contribution is 1.08. The number of H-pyrrole nitrogens is 1. The molecule has 5 heteroatoms.